The third-order valence-electron chi connectivity index (χ3n) is 2.60. The second kappa shape index (κ2) is 6.02. The van der Waals surface area contributed by atoms with Crippen LogP contribution in [-0.2, 0) is 0 Å². The minimum Gasteiger partial charge on any atom is -0.306 e. The van der Waals surface area contributed by atoms with Crippen LogP contribution in [-0.4, -0.2) is 16.5 Å². The van der Waals surface area contributed by atoms with Gasteiger partial charge in [-0.15, -0.1) is 0 Å². The maximum Gasteiger partial charge on any atom is 0.137 e. The number of nitrogens with zero attached hydrogens (tertiary/aromatic N) is 2. The van der Waals surface area contributed by atoms with Gasteiger partial charge in [0.25, 0.3) is 0 Å². The van der Waals surface area contributed by atoms with Crippen LogP contribution in [0.4, 0.5) is 4.39 Å². The van der Waals surface area contributed by atoms with E-state index < -0.39 is 0 Å². The molecule has 0 bridgehead atoms. The second-order valence-electron chi connectivity index (χ2n) is 3.84. The van der Waals surface area contributed by atoms with Crippen LogP contribution >= 0.6 is 15.9 Å². The Balaban J connectivity index is 2.38. The lowest BCUT2D eigenvalue weighted by atomic mass is 10.0. The summed E-state index contributed by atoms with van der Waals surface area (Å²) < 4.78 is 14.1. The van der Waals surface area contributed by atoms with E-state index in [1.54, 1.807) is 18.5 Å². The van der Waals surface area contributed by atoms with E-state index in [0.717, 1.165) is 17.7 Å². The Labute approximate surface area is 114 Å². The van der Waals surface area contributed by atoms with Gasteiger partial charge in [0, 0.05) is 18.0 Å². The van der Waals surface area contributed by atoms with Gasteiger partial charge in [-0.2, -0.15) is 0 Å². The van der Waals surface area contributed by atoms with Crippen molar-refractivity contribution in [2.24, 2.45) is 0 Å². The van der Waals surface area contributed by atoms with Gasteiger partial charge in [0.2, 0.25) is 0 Å². The van der Waals surface area contributed by atoms with E-state index in [2.05, 4.69) is 31.2 Å². The molecule has 0 radical (unpaired) electrons. The van der Waals surface area contributed by atoms with Crippen molar-refractivity contribution in [3.63, 3.8) is 0 Å². The number of halogens is 2. The fraction of sp³-hybridized carbons (Fsp3) is 0.231. The number of aromatic nitrogens is 2. The summed E-state index contributed by atoms with van der Waals surface area (Å²) in [5, 5.41) is 3.30. The van der Waals surface area contributed by atoms with Gasteiger partial charge in [0.15, 0.2) is 0 Å². The summed E-state index contributed by atoms with van der Waals surface area (Å²) in [6, 6.07) is 5.01. The molecule has 3 nitrogen and oxygen atoms in total. The first kappa shape index (κ1) is 13.1. The van der Waals surface area contributed by atoms with E-state index in [9.17, 15) is 4.39 Å². The molecule has 1 heterocycles. The van der Waals surface area contributed by atoms with Crippen molar-refractivity contribution in [2.75, 3.05) is 6.54 Å². The van der Waals surface area contributed by atoms with Gasteiger partial charge in [0.1, 0.15) is 12.1 Å². The standard InChI is InChI=1S/C13H13BrFN3/c1-2-18-13(10-6-16-8-17-7-10)9-3-4-11(14)12(15)5-9/h3-8,13,18H,2H2,1H3. The number of hydrogen-bond donors (Lipinski definition) is 1. The molecule has 1 unspecified atom stereocenters. The Morgan fingerprint density at radius 2 is 2.00 bits per heavy atom. The highest BCUT2D eigenvalue weighted by atomic mass is 79.9. The Bertz CT molecular complexity index is 519. The minimum absolute atomic E-state index is 0.0983. The molecule has 94 valence electrons. The predicted octanol–water partition coefficient (Wildman–Crippen LogP) is 3.08. The maximum absolute atomic E-state index is 13.6. The first-order chi connectivity index (χ1) is 8.72. The molecule has 0 fully saturated rings. The number of nitrogens with one attached hydrogen (secondary N) is 1. The molecule has 0 saturated carbocycles. The van der Waals surface area contributed by atoms with E-state index in [0.29, 0.717) is 4.47 Å². The smallest absolute Gasteiger partial charge is 0.137 e. The molecule has 1 aromatic heterocycles. The molecule has 1 atom stereocenters. The SMILES string of the molecule is CCNC(c1cncnc1)c1ccc(Br)c(F)c1. The molecule has 1 aromatic carbocycles. The van der Waals surface area contributed by atoms with Gasteiger partial charge in [0.05, 0.1) is 10.5 Å². The zero-order valence-electron chi connectivity index (χ0n) is 9.90. The average molecular weight is 310 g/mol. The quantitative estimate of drug-likeness (QED) is 0.943. The molecule has 2 aromatic rings. The molecule has 5 heteroatoms. The molecule has 0 amide bonds. The molecule has 0 spiro atoms. The Morgan fingerprint density at radius 1 is 1.28 bits per heavy atom. The lowest BCUT2D eigenvalue weighted by Crippen LogP contribution is -2.22. The number of benzene rings is 1. The maximum atomic E-state index is 13.6. The predicted molar refractivity (Wildman–Crippen MR) is 71.7 cm³/mol. The number of rotatable bonds is 4. The highest BCUT2D eigenvalue weighted by molar-refractivity contribution is 9.10. The van der Waals surface area contributed by atoms with Crippen LogP contribution in [0, 0.1) is 5.82 Å². The zero-order chi connectivity index (χ0) is 13.0. The van der Waals surface area contributed by atoms with Crippen LogP contribution in [0.5, 0.6) is 0 Å². The van der Waals surface area contributed by atoms with E-state index in [-0.39, 0.29) is 11.9 Å². The third-order valence-corrected chi connectivity index (χ3v) is 3.24. The summed E-state index contributed by atoms with van der Waals surface area (Å²) in [6.45, 7) is 2.78. The van der Waals surface area contributed by atoms with Crippen LogP contribution in [0.15, 0.2) is 41.4 Å². The molecule has 18 heavy (non-hydrogen) atoms. The Kier molecular flexibility index (Phi) is 4.38. The molecular formula is C13H13BrFN3. The van der Waals surface area contributed by atoms with Crippen molar-refractivity contribution in [1.82, 2.24) is 15.3 Å². The Hall–Kier alpha value is -1.33. The van der Waals surface area contributed by atoms with Crippen molar-refractivity contribution in [2.45, 2.75) is 13.0 Å². The monoisotopic (exact) mass is 309 g/mol. The van der Waals surface area contributed by atoms with Crippen LogP contribution in [0.2, 0.25) is 0 Å². The summed E-state index contributed by atoms with van der Waals surface area (Å²) in [6.07, 6.45) is 4.95. The molecule has 0 aliphatic heterocycles. The normalized spacial score (nSPS) is 12.4. The molecule has 0 saturated heterocycles. The van der Waals surface area contributed by atoms with E-state index in [1.165, 1.54) is 12.4 Å². The summed E-state index contributed by atoms with van der Waals surface area (Å²) in [5.74, 6) is -0.271. The first-order valence-electron chi connectivity index (χ1n) is 5.65. The highest BCUT2D eigenvalue weighted by Crippen LogP contribution is 2.24. The van der Waals surface area contributed by atoms with E-state index >= 15 is 0 Å². The van der Waals surface area contributed by atoms with Crippen molar-refractivity contribution >= 4 is 15.9 Å². The Morgan fingerprint density at radius 3 is 2.61 bits per heavy atom. The number of hydrogen-bond acceptors (Lipinski definition) is 3. The highest BCUT2D eigenvalue weighted by Gasteiger charge is 2.14. The zero-order valence-corrected chi connectivity index (χ0v) is 11.5. The summed E-state index contributed by atoms with van der Waals surface area (Å²) in [5.41, 5.74) is 1.77. The lowest BCUT2D eigenvalue weighted by Gasteiger charge is -2.18. The third kappa shape index (κ3) is 2.91. The van der Waals surface area contributed by atoms with E-state index in [4.69, 9.17) is 0 Å². The summed E-state index contributed by atoms with van der Waals surface area (Å²) in [7, 11) is 0. The molecule has 2 rings (SSSR count). The molecule has 1 N–H and O–H groups in total. The van der Waals surface area contributed by atoms with Gasteiger partial charge in [-0.05, 0) is 40.2 Å². The molecule has 0 aliphatic rings. The largest absolute Gasteiger partial charge is 0.306 e. The van der Waals surface area contributed by atoms with Crippen LogP contribution in [0.1, 0.15) is 24.1 Å². The van der Waals surface area contributed by atoms with Gasteiger partial charge in [-0.3, -0.25) is 0 Å². The van der Waals surface area contributed by atoms with Gasteiger partial charge < -0.3 is 5.32 Å². The fourth-order valence-electron chi connectivity index (χ4n) is 1.78. The molecular weight excluding hydrogens is 297 g/mol. The lowest BCUT2D eigenvalue weighted by molar-refractivity contribution is 0.597. The van der Waals surface area contributed by atoms with Gasteiger partial charge >= 0.3 is 0 Å². The van der Waals surface area contributed by atoms with Crippen molar-refractivity contribution in [3.8, 4) is 0 Å². The first-order valence-corrected chi connectivity index (χ1v) is 6.45. The van der Waals surface area contributed by atoms with Crippen LogP contribution in [0.3, 0.4) is 0 Å². The van der Waals surface area contributed by atoms with E-state index in [1.807, 2.05) is 13.0 Å². The summed E-state index contributed by atoms with van der Waals surface area (Å²) >= 11 is 3.15. The summed E-state index contributed by atoms with van der Waals surface area (Å²) in [4.78, 5) is 8.00. The van der Waals surface area contributed by atoms with Crippen LogP contribution in [0.25, 0.3) is 0 Å². The molecule has 0 aliphatic carbocycles. The fourth-order valence-corrected chi connectivity index (χ4v) is 2.03. The van der Waals surface area contributed by atoms with Crippen LogP contribution < -0.4 is 5.32 Å². The van der Waals surface area contributed by atoms with Crippen molar-refractivity contribution < 1.29 is 4.39 Å². The van der Waals surface area contributed by atoms with Crippen molar-refractivity contribution in [3.05, 3.63) is 58.3 Å². The average Bonchev–Trinajstić information content (AvgIpc) is 2.40. The topological polar surface area (TPSA) is 37.8 Å². The van der Waals surface area contributed by atoms with Gasteiger partial charge in [-0.25, -0.2) is 14.4 Å². The minimum atomic E-state index is -0.271. The van der Waals surface area contributed by atoms with Gasteiger partial charge in [-0.1, -0.05) is 13.0 Å². The second-order valence-corrected chi connectivity index (χ2v) is 4.69. The van der Waals surface area contributed by atoms with Crippen molar-refractivity contribution in [1.29, 1.82) is 0 Å².